The molecule has 1 aromatic carbocycles. The van der Waals surface area contributed by atoms with Crippen LogP contribution in [0.15, 0.2) is 30.5 Å². The van der Waals surface area contributed by atoms with Gasteiger partial charge in [0.25, 0.3) is 11.7 Å². The summed E-state index contributed by atoms with van der Waals surface area (Å²) < 4.78 is 1.84. The predicted molar refractivity (Wildman–Crippen MR) is 61.3 cm³/mol. The normalized spacial score (nSPS) is 10.4. The second-order valence-electron chi connectivity index (χ2n) is 3.58. The van der Waals surface area contributed by atoms with E-state index in [1.165, 1.54) is 7.05 Å². The average molecular weight is 216 g/mol. The Hall–Kier alpha value is -2.10. The minimum absolute atomic E-state index is 0.442. The number of para-hydroxylation sites is 1. The molecular weight excluding hydrogens is 204 g/mol. The molecule has 0 atom stereocenters. The van der Waals surface area contributed by atoms with Crippen LogP contribution >= 0.6 is 0 Å². The Balaban J connectivity index is 2.62. The van der Waals surface area contributed by atoms with Gasteiger partial charge in [-0.25, -0.2) is 0 Å². The molecular formula is C12H12N2O2. The summed E-state index contributed by atoms with van der Waals surface area (Å²) in [4.78, 5) is 23.1. The van der Waals surface area contributed by atoms with Crippen LogP contribution in [0, 0.1) is 0 Å². The first-order chi connectivity index (χ1) is 7.65. The summed E-state index contributed by atoms with van der Waals surface area (Å²) in [6, 6.07) is 7.50. The van der Waals surface area contributed by atoms with Crippen molar-refractivity contribution in [1.82, 2.24) is 9.88 Å². The summed E-state index contributed by atoms with van der Waals surface area (Å²) >= 11 is 0. The maximum absolute atomic E-state index is 11.8. The molecule has 0 aliphatic carbocycles. The number of fused-ring (bicyclic) bond motifs is 1. The van der Waals surface area contributed by atoms with Crippen molar-refractivity contribution < 1.29 is 9.59 Å². The highest BCUT2D eigenvalue weighted by molar-refractivity contribution is 6.44. The van der Waals surface area contributed by atoms with Gasteiger partial charge in [-0.3, -0.25) is 9.59 Å². The molecule has 1 amide bonds. The first-order valence-electron chi connectivity index (χ1n) is 4.95. The third-order valence-electron chi connectivity index (χ3n) is 2.57. The molecule has 16 heavy (non-hydrogen) atoms. The van der Waals surface area contributed by atoms with E-state index in [-0.39, 0.29) is 0 Å². The van der Waals surface area contributed by atoms with Gasteiger partial charge < -0.3 is 9.88 Å². The van der Waals surface area contributed by atoms with Crippen LogP contribution < -0.4 is 5.32 Å². The van der Waals surface area contributed by atoms with E-state index in [4.69, 9.17) is 0 Å². The molecule has 0 aliphatic heterocycles. The van der Waals surface area contributed by atoms with Crippen molar-refractivity contribution in [2.75, 3.05) is 7.05 Å². The molecule has 2 aromatic rings. The molecule has 0 saturated carbocycles. The zero-order valence-electron chi connectivity index (χ0n) is 9.15. The Morgan fingerprint density at radius 1 is 1.25 bits per heavy atom. The van der Waals surface area contributed by atoms with Gasteiger partial charge in [-0.1, -0.05) is 18.2 Å². The van der Waals surface area contributed by atoms with Crippen LogP contribution in [0.2, 0.25) is 0 Å². The Labute approximate surface area is 92.9 Å². The number of carbonyl (C=O) groups excluding carboxylic acids is 2. The third kappa shape index (κ3) is 1.48. The largest absolute Gasteiger partial charge is 0.352 e. The van der Waals surface area contributed by atoms with Crippen LogP contribution in [0.1, 0.15) is 10.4 Å². The number of rotatable bonds is 2. The second kappa shape index (κ2) is 3.81. The first-order valence-corrected chi connectivity index (χ1v) is 4.95. The maximum atomic E-state index is 11.8. The summed E-state index contributed by atoms with van der Waals surface area (Å²) in [5, 5.41) is 3.14. The first kappa shape index (κ1) is 10.4. The summed E-state index contributed by atoms with van der Waals surface area (Å²) in [5.41, 5.74) is 1.38. The molecule has 1 heterocycles. The SMILES string of the molecule is CNC(=O)C(=O)c1cn(C)c2ccccc12. The van der Waals surface area contributed by atoms with Crippen LogP contribution in [0.4, 0.5) is 0 Å². The molecule has 0 radical (unpaired) electrons. The average Bonchev–Trinajstić information content (AvgIpc) is 2.65. The van der Waals surface area contributed by atoms with Gasteiger partial charge >= 0.3 is 0 Å². The number of benzene rings is 1. The summed E-state index contributed by atoms with van der Waals surface area (Å²) in [5.74, 6) is -1.09. The molecule has 0 aliphatic rings. The van der Waals surface area contributed by atoms with Crippen LogP contribution in [0.3, 0.4) is 0 Å². The molecule has 0 bridgehead atoms. The lowest BCUT2D eigenvalue weighted by Gasteiger charge is -1.96. The Bertz CT molecular complexity index is 569. The number of aryl methyl sites for hydroxylation is 1. The van der Waals surface area contributed by atoms with Gasteiger partial charge in [0.05, 0.1) is 5.56 Å². The molecule has 82 valence electrons. The van der Waals surface area contributed by atoms with Crippen molar-refractivity contribution in [1.29, 1.82) is 0 Å². The molecule has 0 fully saturated rings. The number of carbonyl (C=O) groups is 2. The molecule has 1 aromatic heterocycles. The lowest BCUT2D eigenvalue weighted by atomic mass is 10.1. The Morgan fingerprint density at radius 2 is 1.94 bits per heavy atom. The maximum Gasteiger partial charge on any atom is 0.292 e. The predicted octanol–water partition coefficient (Wildman–Crippen LogP) is 1.11. The van der Waals surface area contributed by atoms with Gasteiger partial charge in [0.2, 0.25) is 0 Å². The number of amides is 1. The topological polar surface area (TPSA) is 51.1 Å². The van der Waals surface area contributed by atoms with E-state index >= 15 is 0 Å². The molecule has 4 heteroatoms. The van der Waals surface area contributed by atoms with Gasteiger partial charge in [-0.2, -0.15) is 0 Å². The fourth-order valence-corrected chi connectivity index (χ4v) is 1.76. The standard InChI is InChI=1S/C12H12N2O2/c1-13-12(16)11(15)9-7-14(2)10-6-4-3-5-8(9)10/h3-7H,1-2H3,(H,13,16). The summed E-state index contributed by atoms with van der Waals surface area (Å²) in [6.07, 6.45) is 1.68. The minimum Gasteiger partial charge on any atom is -0.352 e. The van der Waals surface area contributed by atoms with Crippen LogP contribution in [-0.2, 0) is 11.8 Å². The number of Topliss-reactive ketones (excluding diaryl/α,β-unsaturated/α-hetero) is 1. The van der Waals surface area contributed by atoms with E-state index in [1.807, 2.05) is 35.9 Å². The highest BCUT2D eigenvalue weighted by Gasteiger charge is 2.19. The van der Waals surface area contributed by atoms with E-state index in [9.17, 15) is 9.59 Å². The van der Waals surface area contributed by atoms with Gasteiger partial charge in [0.15, 0.2) is 0 Å². The molecule has 0 saturated heterocycles. The highest BCUT2D eigenvalue weighted by atomic mass is 16.2. The molecule has 4 nitrogen and oxygen atoms in total. The fourth-order valence-electron chi connectivity index (χ4n) is 1.76. The van der Waals surface area contributed by atoms with Crippen molar-refractivity contribution in [3.63, 3.8) is 0 Å². The van der Waals surface area contributed by atoms with Gasteiger partial charge in [-0.15, -0.1) is 0 Å². The second-order valence-corrected chi connectivity index (χ2v) is 3.58. The van der Waals surface area contributed by atoms with Gasteiger partial charge in [0, 0.05) is 31.2 Å². The zero-order valence-corrected chi connectivity index (χ0v) is 9.15. The molecule has 2 rings (SSSR count). The monoisotopic (exact) mass is 216 g/mol. The molecule has 0 spiro atoms. The van der Waals surface area contributed by atoms with E-state index < -0.39 is 11.7 Å². The number of hydrogen-bond acceptors (Lipinski definition) is 2. The summed E-state index contributed by atoms with van der Waals surface area (Å²) in [7, 11) is 3.30. The number of nitrogens with zero attached hydrogens (tertiary/aromatic N) is 1. The Morgan fingerprint density at radius 3 is 2.62 bits per heavy atom. The lowest BCUT2D eigenvalue weighted by Crippen LogP contribution is -2.27. The number of likely N-dealkylation sites (N-methyl/N-ethyl adjacent to an activating group) is 1. The third-order valence-corrected chi connectivity index (χ3v) is 2.57. The van der Waals surface area contributed by atoms with Gasteiger partial charge in [-0.05, 0) is 6.07 Å². The van der Waals surface area contributed by atoms with Gasteiger partial charge in [0.1, 0.15) is 0 Å². The number of ketones is 1. The minimum atomic E-state index is -0.587. The van der Waals surface area contributed by atoms with Crippen molar-refractivity contribution in [3.05, 3.63) is 36.0 Å². The lowest BCUT2D eigenvalue weighted by molar-refractivity contribution is -0.116. The van der Waals surface area contributed by atoms with Crippen molar-refractivity contribution in [2.45, 2.75) is 0 Å². The number of aromatic nitrogens is 1. The van der Waals surface area contributed by atoms with Crippen LogP contribution in [-0.4, -0.2) is 23.3 Å². The van der Waals surface area contributed by atoms with E-state index in [0.717, 1.165) is 10.9 Å². The van der Waals surface area contributed by atoms with Crippen LogP contribution in [0.5, 0.6) is 0 Å². The number of hydrogen-bond donors (Lipinski definition) is 1. The summed E-state index contributed by atoms with van der Waals surface area (Å²) in [6.45, 7) is 0. The van der Waals surface area contributed by atoms with Crippen molar-refractivity contribution in [3.8, 4) is 0 Å². The van der Waals surface area contributed by atoms with E-state index in [2.05, 4.69) is 5.32 Å². The molecule has 0 unspecified atom stereocenters. The van der Waals surface area contributed by atoms with E-state index in [0.29, 0.717) is 5.56 Å². The number of nitrogens with one attached hydrogen (secondary N) is 1. The quantitative estimate of drug-likeness (QED) is 0.604. The van der Waals surface area contributed by atoms with E-state index in [1.54, 1.807) is 6.20 Å². The molecule has 1 N–H and O–H groups in total. The van der Waals surface area contributed by atoms with Crippen LogP contribution in [0.25, 0.3) is 10.9 Å². The smallest absolute Gasteiger partial charge is 0.292 e. The van der Waals surface area contributed by atoms with Crippen molar-refractivity contribution in [2.24, 2.45) is 7.05 Å². The Kier molecular flexibility index (Phi) is 2.48. The fraction of sp³-hybridized carbons (Fsp3) is 0.167. The zero-order chi connectivity index (χ0) is 11.7. The highest BCUT2D eigenvalue weighted by Crippen LogP contribution is 2.20. The van der Waals surface area contributed by atoms with Crippen molar-refractivity contribution >= 4 is 22.6 Å².